The topological polar surface area (TPSA) is 123 Å². The number of carboxylic acids is 1. The molecule has 9 nitrogen and oxygen atoms in total. The summed E-state index contributed by atoms with van der Waals surface area (Å²) in [6, 6.07) is 17.3. The molecule has 0 spiro atoms. The molecule has 3 aromatic heterocycles. The zero-order chi connectivity index (χ0) is 23.4. The first-order chi connectivity index (χ1) is 15.9. The predicted octanol–water partition coefficient (Wildman–Crippen LogP) is 4.42. The van der Waals surface area contributed by atoms with Gasteiger partial charge in [-0.25, -0.2) is 14.8 Å². The van der Waals surface area contributed by atoms with Crippen molar-refractivity contribution in [3.05, 3.63) is 78.2 Å². The number of anilines is 1. The van der Waals surface area contributed by atoms with E-state index in [1.165, 1.54) is 17.8 Å². The lowest BCUT2D eigenvalue weighted by atomic mass is 10.2. The molecular formula is C23H20N6O3S. The zero-order valence-electron chi connectivity index (χ0n) is 17.8. The minimum atomic E-state index is -1.09. The van der Waals surface area contributed by atoms with Crippen molar-refractivity contribution in [1.29, 1.82) is 0 Å². The van der Waals surface area contributed by atoms with Crippen LogP contribution >= 0.6 is 11.8 Å². The molecule has 0 aliphatic rings. The van der Waals surface area contributed by atoms with Gasteiger partial charge in [-0.1, -0.05) is 30.0 Å². The van der Waals surface area contributed by atoms with E-state index in [2.05, 4.69) is 25.5 Å². The second-order valence-electron chi connectivity index (χ2n) is 7.31. The van der Waals surface area contributed by atoms with Crippen molar-refractivity contribution in [2.24, 2.45) is 0 Å². The SMILES string of the molecule is CC(C)n1cnnc1-c1cccc(NC(=O)c2cccc(Sc3cccc(C(=O)O)n3)c2)n1. The zero-order valence-corrected chi connectivity index (χ0v) is 18.7. The summed E-state index contributed by atoms with van der Waals surface area (Å²) in [5.74, 6) is -0.396. The molecule has 1 aromatic carbocycles. The Morgan fingerprint density at radius 1 is 1.03 bits per heavy atom. The highest BCUT2D eigenvalue weighted by molar-refractivity contribution is 7.99. The Hall–Kier alpha value is -4.05. The van der Waals surface area contributed by atoms with Gasteiger partial charge < -0.3 is 15.0 Å². The number of carboxylic acid groups (broad SMARTS) is 1. The highest BCUT2D eigenvalue weighted by Gasteiger charge is 2.14. The fraction of sp³-hybridized carbons (Fsp3) is 0.130. The van der Waals surface area contributed by atoms with E-state index in [9.17, 15) is 9.59 Å². The summed E-state index contributed by atoms with van der Waals surface area (Å²) in [4.78, 5) is 33.4. The molecular weight excluding hydrogens is 440 g/mol. The van der Waals surface area contributed by atoms with E-state index in [1.54, 1.807) is 48.8 Å². The van der Waals surface area contributed by atoms with Gasteiger partial charge in [-0.3, -0.25) is 4.79 Å². The minimum absolute atomic E-state index is 0.0341. The van der Waals surface area contributed by atoms with Gasteiger partial charge in [0.1, 0.15) is 28.6 Å². The van der Waals surface area contributed by atoms with Crippen LogP contribution < -0.4 is 5.32 Å². The Bertz CT molecular complexity index is 1320. The minimum Gasteiger partial charge on any atom is -0.477 e. The first kappa shape index (κ1) is 22.2. The Labute approximate surface area is 193 Å². The molecule has 10 heteroatoms. The maximum Gasteiger partial charge on any atom is 0.354 e. The van der Waals surface area contributed by atoms with E-state index >= 15 is 0 Å². The number of rotatable bonds is 7. The summed E-state index contributed by atoms with van der Waals surface area (Å²) in [6.07, 6.45) is 1.65. The largest absolute Gasteiger partial charge is 0.477 e. The third kappa shape index (κ3) is 5.24. The van der Waals surface area contributed by atoms with Crippen LogP contribution in [0, 0.1) is 0 Å². The van der Waals surface area contributed by atoms with Gasteiger partial charge in [0.2, 0.25) is 0 Å². The van der Waals surface area contributed by atoms with Gasteiger partial charge in [0.05, 0.1) is 0 Å². The number of aromatic carboxylic acids is 1. The Morgan fingerprint density at radius 3 is 2.61 bits per heavy atom. The number of hydrogen-bond donors (Lipinski definition) is 2. The summed E-state index contributed by atoms with van der Waals surface area (Å²) in [7, 11) is 0. The lowest BCUT2D eigenvalue weighted by molar-refractivity contribution is 0.0689. The van der Waals surface area contributed by atoms with Crippen LogP contribution in [0.3, 0.4) is 0 Å². The molecule has 0 bridgehead atoms. The van der Waals surface area contributed by atoms with Crippen molar-refractivity contribution in [2.45, 2.75) is 29.8 Å². The van der Waals surface area contributed by atoms with Crippen LogP contribution in [-0.2, 0) is 0 Å². The number of nitrogens with zero attached hydrogens (tertiary/aromatic N) is 5. The van der Waals surface area contributed by atoms with Crippen LogP contribution in [0.25, 0.3) is 11.5 Å². The summed E-state index contributed by atoms with van der Waals surface area (Å²) >= 11 is 1.27. The van der Waals surface area contributed by atoms with Crippen molar-refractivity contribution < 1.29 is 14.7 Å². The number of pyridine rings is 2. The van der Waals surface area contributed by atoms with Crippen LogP contribution in [0.1, 0.15) is 40.7 Å². The van der Waals surface area contributed by atoms with Crippen LogP contribution in [0.15, 0.2) is 76.9 Å². The molecule has 166 valence electrons. The van der Waals surface area contributed by atoms with Gasteiger partial charge in [0.15, 0.2) is 5.82 Å². The molecule has 0 unspecified atom stereocenters. The van der Waals surface area contributed by atoms with Crippen LogP contribution in [0.2, 0.25) is 0 Å². The monoisotopic (exact) mass is 460 g/mol. The molecule has 1 amide bonds. The van der Waals surface area contributed by atoms with Gasteiger partial charge >= 0.3 is 5.97 Å². The highest BCUT2D eigenvalue weighted by Crippen LogP contribution is 2.27. The van der Waals surface area contributed by atoms with E-state index in [0.29, 0.717) is 27.9 Å². The molecule has 0 atom stereocenters. The van der Waals surface area contributed by atoms with Crippen LogP contribution in [-0.4, -0.2) is 41.7 Å². The Kier molecular flexibility index (Phi) is 6.45. The third-order valence-corrected chi connectivity index (χ3v) is 5.54. The summed E-state index contributed by atoms with van der Waals surface area (Å²) < 4.78 is 1.90. The summed E-state index contributed by atoms with van der Waals surface area (Å²) in [5.41, 5.74) is 1.01. The Balaban J connectivity index is 1.51. The molecule has 0 aliphatic carbocycles. The number of aromatic nitrogens is 5. The highest BCUT2D eigenvalue weighted by atomic mass is 32.2. The average molecular weight is 461 g/mol. The van der Waals surface area contributed by atoms with Crippen molar-refractivity contribution in [2.75, 3.05) is 5.32 Å². The van der Waals surface area contributed by atoms with Gasteiger partial charge in [-0.05, 0) is 56.3 Å². The molecule has 0 fully saturated rings. The molecule has 4 aromatic rings. The van der Waals surface area contributed by atoms with Gasteiger partial charge in [-0.2, -0.15) is 0 Å². The van der Waals surface area contributed by atoms with Crippen molar-refractivity contribution in [3.63, 3.8) is 0 Å². The molecule has 0 radical (unpaired) electrons. The molecule has 0 saturated heterocycles. The number of carbonyl (C=O) groups excluding carboxylic acids is 1. The van der Waals surface area contributed by atoms with Crippen molar-refractivity contribution in [3.8, 4) is 11.5 Å². The van der Waals surface area contributed by atoms with Gasteiger partial charge in [0, 0.05) is 16.5 Å². The standard InChI is InChI=1S/C23H20N6O3S/c1-14(2)29-13-24-28-21(29)17-8-4-10-19(25-17)27-22(30)15-6-3-7-16(12-15)33-20-11-5-9-18(26-20)23(31)32/h3-14H,1-2H3,(H,31,32)(H,25,27,30). The quantitative estimate of drug-likeness (QED) is 0.416. The lowest BCUT2D eigenvalue weighted by Crippen LogP contribution is -2.13. The first-order valence-electron chi connectivity index (χ1n) is 10.1. The number of benzene rings is 1. The van der Waals surface area contributed by atoms with Crippen molar-refractivity contribution >= 4 is 29.5 Å². The fourth-order valence-corrected chi connectivity index (χ4v) is 3.90. The van der Waals surface area contributed by atoms with Gasteiger partial charge in [0.25, 0.3) is 5.91 Å². The number of nitrogens with one attached hydrogen (secondary N) is 1. The van der Waals surface area contributed by atoms with E-state index in [0.717, 1.165) is 4.90 Å². The van der Waals surface area contributed by atoms with E-state index < -0.39 is 5.97 Å². The second-order valence-corrected chi connectivity index (χ2v) is 8.41. The lowest BCUT2D eigenvalue weighted by Gasteiger charge is -2.11. The van der Waals surface area contributed by atoms with E-state index in [4.69, 9.17) is 5.11 Å². The van der Waals surface area contributed by atoms with E-state index in [1.807, 2.05) is 30.5 Å². The molecule has 33 heavy (non-hydrogen) atoms. The smallest absolute Gasteiger partial charge is 0.354 e. The number of carbonyl (C=O) groups is 2. The molecule has 0 saturated carbocycles. The normalized spacial score (nSPS) is 10.9. The second kappa shape index (κ2) is 9.61. The Morgan fingerprint density at radius 2 is 1.82 bits per heavy atom. The van der Waals surface area contributed by atoms with Crippen LogP contribution in [0.5, 0.6) is 0 Å². The fourth-order valence-electron chi connectivity index (χ4n) is 3.03. The molecule has 3 heterocycles. The summed E-state index contributed by atoms with van der Waals surface area (Å²) in [6.45, 7) is 4.05. The summed E-state index contributed by atoms with van der Waals surface area (Å²) in [5, 5.41) is 20.6. The number of hydrogen-bond acceptors (Lipinski definition) is 7. The number of amides is 1. The maximum absolute atomic E-state index is 12.8. The third-order valence-electron chi connectivity index (χ3n) is 4.61. The van der Waals surface area contributed by atoms with Crippen molar-refractivity contribution in [1.82, 2.24) is 24.7 Å². The molecule has 4 rings (SSSR count). The average Bonchev–Trinajstić information content (AvgIpc) is 3.30. The van der Waals surface area contributed by atoms with E-state index in [-0.39, 0.29) is 17.6 Å². The molecule has 0 aliphatic heterocycles. The molecule has 2 N–H and O–H groups in total. The van der Waals surface area contributed by atoms with Crippen LogP contribution in [0.4, 0.5) is 5.82 Å². The predicted molar refractivity (Wildman–Crippen MR) is 123 cm³/mol. The maximum atomic E-state index is 12.8. The van der Waals surface area contributed by atoms with Gasteiger partial charge in [-0.15, -0.1) is 10.2 Å². The first-order valence-corrected chi connectivity index (χ1v) is 10.9.